The summed E-state index contributed by atoms with van der Waals surface area (Å²) in [5.74, 6) is 1.36. The summed E-state index contributed by atoms with van der Waals surface area (Å²) >= 11 is 3.53. The minimum absolute atomic E-state index is 0.675. The molecule has 0 aliphatic heterocycles. The van der Waals surface area contributed by atoms with Gasteiger partial charge in [-0.25, -0.2) is 4.98 Å². The van der Waals surface area contributed by atoms with Crippen LogP contribution in [0.4, 0.5) is 0 Å². The van der Waals surface area contributed by atoms with Gasteiger partial charge in [-0.15, -0.1) is 0 Å². The summed E-state index contributed by atoms with van der Waals surface area (Å²) in [6.45, 7) is 1.99. The topological polar surface area (TPSA) is 60.0 Å². The van der Waals surface area contributed by atoms with E-state index in [4.69, 9.17) is 14.5 Å². The maximum Gasteiger partial charge on any atom is 0.182 e. The molecule has 5 nitrogen and oxygen atoms in total. The SMILES string of the molecule is COc1cc2c(-c3cccc(Br)c3)nc3n[nH]c(C)c3c2cc1OC. The first kappa shape index (κ1) is 15.9. The number of nitrogens with one attached hydrogen (secondary N) is 1. The normalized spacial score (nSPS) is 11.2. The Kier molecular flexibility index (Phi) is 3.84. The maximum absolute atomic E-state index is 5.50. The number of H-pyrrole nitrogens is 1. The van der Waals surface area contributed by atoms with Crippen molar-refractivity contribution in [1.82, 2.24) is 15.2 Å². The van der Waals surface area contributed by atoms with Crippen molar-refractivity contribution in [3.63, 3.8) is 0 Å². The highest BCUT2D eigenvalue weighted by Gasteiger charge is 2.17. The molecule has 2 aromatic heterocycles. The second-order valence-electron chi connectivity index (χ2n) is 5.77. The molecule has 0 radical (unpaired) electrons. The van der Waals surface area contributed by atoms with Crippen molar-refractivity contribution >= 4 is 37.7 Å². The molecule has 1 N–H and O–H groups in total. The van der Waals surface area contributed by atoms with Gasteiger partial charge in [0, 0.05) is 31.9 Å². The lowest BCUT2D eigenvalue weighted by Crippen LogP contribution is -1.94. The van der Waals surface area contributed by atoms with Gasteiger partial charge in [0.2, 0.25) is 0 Å². The van der Waals surface area contributed by atoms with Crippen molar-refractivity contribution in [3.05, 3.63) is 46.6 Å². The minimum atomic E-state index is 0.675. The number of aromatic amines is 1. The first-order chi connectivity index (χ1) is 12.1. The maximum atomic E-state index is 5.50. The van der Waals surface area contributed by atoms with Crippen molar-refractivity contribution in [2.45, 2.75) is 6.92 Å². The lowest BCUT2D eigenvalue weighted by Gasteiger charge is -2.13. The number of rotatable bonds is 3. The second-order valence-corrected chi connectivity index (χ2v) is 6.69. The summed E-state index contributed by atoms with van der Waals surface area (Å²) in [6.07, 6.45) is 0. The van der Waals surface area contributed by atoms with Gasteiger partial charge >= 0.3 is 0 Å². The first-order valence-corrected chi connectivity index (χ1v) is 8.58. The van der Waals surface area contributed by atoms with Crippen LogP contribution in [0.15, 0.2) is 40.9 Å². The van der Waals surface area contributed by atoms with Crippen LogP contribution in [0.5, 0.6) is 11.5 Å². The van der Waals surface area contributed by atoms with Gasteiger partial charge in [0.05, 0.1) is 19.9 Å². The van der Waals surface area contributed by atoms with Gasteiger partial charge in [-0.1, -0.05) is 28.1 Å². The lowest BCUT2D eigenvalue weighted by atomic mass is 10.0. The number of pyridine rings is 1. The van der Waals surface area contributed by atoms with Crippen molar-refractivity contribution in [1.29, 1.82) is 0 Å². The molecule has 0 amide bonds. The van der Waals surface area contributed by atoms with E-state index in [9.17, 15) is 0 Å². The van der Waals surface area contributed by atoms with Gasteiger partial charge in [0.25, 0.3) is 0 Å². The summed E-state index contributed by atoms with van der Waals surface area (Å²) in [7, 11) is 3.27. The predicted octanol–water partition coefficient (Wildman–Crippen LogP) is 4.87. The molecule has 2 heterocycles. The van der Waals surface area contributed by atoms with E-state index in [1.54, 1.807) is 14.2 Å². The molecule has 0 aliphatic rings. The van der Waals surface area contributed by atoms with E-state index in [2.05, 4.69) is 26.1 Å². The fraction of sp³-hybridized carbons (Fsp3) is 0.158. The van der Waals surface area contributed by atoms with Crippen LogP contribution in [0.3, 0.4) is 0 Å². The molecule has 2 aromatic carbocycles. The molecule has 6 heteroatoms. The highest BCUT2D eigenvalue weighted by molar-refractivity contribution is 9.10. The Balaban J connectivity index is 2.17. The average molecular weight is 398 g/mol. The van der Waals surface area contributed by atoms with Crippen LogP contribution in [-0.2, 0) is 0 Å². The number of hydrogen-bond donors (Lipinski definition) is 1. The van der Waals surface area contributed by atoms with Crippen LogP contribution in [0, 0.1) is 6.92 Å². The Morgan fingerprint density at radius 1 is 1.00 bits per heavy atom. The van der Waals surface area contributed by atoms with Crippen molar-refractivity contribution in [2.24, 2.45) is 0 Å². The Bertz CT molecular complexity index is 1100. The molecule has 4 aromatic rings. The Hall–Kier alpha value is -2.60. The molecule has 0 atom stereocenters. The molecule has 0 aliphatic carbocycles. The highest BCUT2D eigenvalue weighted by atomic mass is 79.9. The van der Waals surface area contributed by atoms with E-state index in [1.165, 1.54) is 0 Å². The Morgan fingerprint density at radius 3 is 2.40 bits per heavy atom. The number of methoxy groups -OCH3 is 2. The van der Waals surface area contributed by atoms with Crippen molar-refractivity contribution in [3.8, 4) is 22.8 Å². The molecule has 0 fully saturated rings. The number of nitrogens with zero attached hydrogens (tertiary/aromatic N) is 2. The molecule has 0 bridgehead atoms. The molecule has 0 spiro atoms. The fourth-order valence-electron chi connectivity index (χ4n) is 3.12. The van der Waals surface area contributed by atoms with Crippen LogP contribution >= 0.6 is 15.9 Å². The molecule has 126 valence electrons. The predicted molar refractivity (Wildman–Crippen MR) is 102 cm³/mol. The van der Waals surface area contributed by atoms with Gasteiger partial charge in [0.1, 0.15) is 0 Å². The van der Waals surface area contributed by atoms with Gasteiger partial charge in [0.15, 0.2) is 17.1 Å². The highest BCUT2D eigenvalue weighted by Crippen LogP contribution is 2.40. The van der Waals surface area contributed by atoms with Gasteiger partial charge in [-0.3, -0.25) is 5.10 Å². The average Bonchev–Trinajstić information content (AvgIpc) is 3.00. The Labute approximate surface area is 153 Å². The zero-order valence-electron chi connectivity index (χ0n) is 14.1. The lowest BCUT2D eigenvalue weighted by molar-refractivity contribution is 0.356. The van der Waals surface area contributed by atoms with E-state index in [1.807, 2.05) is 43.3 Å². The van der Waals surface area contributed by atoms with Crippen molar-refractivity contribution in [2.75, 3.05) is 14.2 Å². The molecule has 4 rings (SSSR count). The molecule has 25 heavy (non-hydrogen) atoms. The summed E-state index contributed by atoms with van der Waals surface area (Å²) in [5.41, 5.74) is 3.53. The van der Waals surface area contributed by atoms with Gasteiger partial charge < -0.3 is 9.47 Å². The third-order valence-electron chi connectivity index (χ3n) is 4.29. The van der Waals surface area contributed by atoms with E-state index in [0.29, 0.717) is 17.1 Å². The second kappa shape index (κ2) is 6.04. The third-order valence-corrected chi connectivity index (χ3v) is 4.79. The fourth-order valence-corrected chi connectivity index (χ4v) is 3.52. The van der Waals surface area contributed by atoms with E-state index in [0.717, 1.165) is 37.6 Å². The number of halogens is 1. The largest absolute Gasteiger partial charge is 0.493 e. The number of fused-ring (bicyclic) bond motifs is 3. The molecule has 0 saturated carbocycles. The number of hydrogen-bond acceptors (Lipinski definition) is 4. The van der Waals surface area contributed by atoms with Crippen LogP contribution < -0.4 is 9.47 Å². The van der Waals surface area contributed by atoms with Crippen molar-refractivity contribution < 1.29 is 9.47 Å². The summed E-state index contributed by atoms with van der Waals surface area (Å²) in [5, 5.41) is 10.4. The zero-order valence-corrected chi connectivity index (χ0v) is 15.6. The smallest absolute Gasteiger partial charge is 0.182 e. The molecular weight excluding hydrogens is 382 g/mol. The van der Waals surface area contributed by atoms with E-state index in [-0.39, 0.29) is 0 Å². The number of ether oxygens (including phenoxy) is 2. The summed E-state index contributed by atoms with van der Waals surface area (Å²) in [4.78, 5) is 4.81. The van der Waals surface area contributed by atoms with Gasteiger partial charge in [-0.05, 0) is 31.2 Å². The summed E-state index contributed by atoms with van der Waals surface area (Å²) in [6, 6.07) is 12.0. The van der Waals surface area contributed by atoms with Crippen LogP contribution in [0.1, 0.15) is 5.69 Å². The third kappa shape index (κ3) is 2.53. The van der Waals surface area contributed by atoms with Crippen LogP contribution in [0.2, 0.25) is 0 Å². The van der Waals surface area contributed by atoms with Crippen LogP contribution in [-0.4, -0.2) is 29.4 Å². The molecule has 0 unspecified atom stereocenters. The minimum Gasteiger partial charge on any atom is -0.493 e. The number of aromatic nitrogens is 3. The van der Waals surface area contributed by atoms with Gasteiger partial charge in [-0.2, -0.15) is 5.10 Å². The quantitative estimate of drug-likeness (QED) is 0.535. The van der Waals surface area contributed by atoms with E-state index >= 15 is 0 Å². The molecular formula is C19H16BrN3O2. The number of aryl methyl sites for hydroxylation is 1. The zero-order chi connectivity index (χ0) is 17.6. The number of benzene rings is 2. The first-order valence-electron chi connectivity index (χ1n) is 7.78. The van der Waals surface area contributed by atoms with Crippen LogP contribution in [0.25, 0.3) is 33.1 Å². The van der Waals surface area contributed by atoms with E-state index < -0.39 is 0 Å². The Morgan fingerprint density at radius 2 is 1.72 bits per heavy atom. The monoisotopic (exact) mass is 397 g/mol. The standard InChI is InChI=1S/C19H16BrN3O2/c1-10-17-13-8-15(24-2)16(25-3)9-14(13)18(21-19(17)23-22-10)11-5-4-6-12(20)7-11/h4-9H,1-3H3,(H,21,22,23). The molecule has 0 saturated heterocycles. The summed E-state index contributed by atoms with van der Waals surface area (Å²) < 4.78 is 12.0.